The number of nitrogens with zero attached hydrogens (tertiary/aromatic N) is 1. The maximum absolute atomic E-state index is 9.15. The number of benzene rings is 1. The maximum atomic E-state index is 9.15. The molecule has 88 valence electrons. The second-order valence-electron chi connectivity index (χ2n) is 4.49. The van der Waals surface area contributed by atoms with E-state index in [1.165, 1.54) is 24.9 Å². The van der Waals surface area contributed by atoms with Gasteiger partial charge in [-0.3, -0.25) is 0 Å². The summed E-state index contributed by atoms with van der Waals surface area (Å²) in [5.74, 6) is 0. The van der Waals surface area contributed by atoms with Gasteiger partial charge in [-0.25, -0.2) is 0 Å². The summed E-state index contributed by atoms with van der Waals surface area (Å²) >= 11 is 0. The largest absolute Gasteiger partial charge is 0.398 e. The summed E-state index contributed by atoms with van der Waals surface area (Å²) in [7, 11) is 0. The van der Waals surface area contributed by atoms with Crippen LogP contribution in [-0.4, -0.2) is 24.3 Å². The zero-order chi connectivity index (χ0) is 11.5. The molecule has 0 amide bonds. The molecular formula is C13H20N2O. The Labute approximate surface area is 96.9 Å². The van der Waals surface area contributed by atoms with Gasteiger partial charge < -0.3 is 15.7 Å². The molecule has 3 heteroatoms. The van der Waals surface area contributed by atoms with Crippen LogP contribution in [0.5, 0.6) is 0 Å². The summed E-state index contributed by atoms with van der Waals surface area (Å²) in [6, 6.07) is 6.60. The van der Waals surface area contributed by atoms with Crippen molar-refractivity contribution in [2.75, 3.05) is 23.8 Å². The van der Waals surface area contributed by atoms with Gasteiger partial charge in [0.05, 0.1) is 6.61 Å². The monoisotopic (exact) mass is 220 g/mol. The van der Waals surface area contributed by atoms with Crippen molar-refractivity contribution in [2.24, 2.45) is 0 Å². The van der Waals surface area contributed by atoms with Crippen LogP contribution in [0.1, 0.15) is 24.8 Å². The Morgan fingerprint density at radius 3 is 2.75 bits per heavy atom. The number of aliphatic hydroxyl groups is 1. The van der Waals surface area contributed by atoms with Crippen LogP contribution < -0.4 is 10.6 Å². The van der Waals surface area contributed by atoms with Gasteiger partial charge in [-0.05, 0) is 43.9 Å². The lowest BCUT2D eigenvalue weighted by Gasteiger charge is -2.39. The second-order valence-corrected chi connectivity index (χ2v) is 4.49. The summed E-state index contributed by atoms with van der Waals surface area (Å²) in [6.45, 7) is 2.95. The molecule has 1 aromatic carbocycles. The fourth-order valence-corrected chi connectivity index (χ4v) is 2.26. The molecule has 3 N–H and O–H groups in total. The molecule has 0 spiro atoms. The van der Waals surface area contributed by atoms with Crippen molar-refractivity contribution in [3.8, 4) is 0 Å². The molecule has 1 aliphatic carbocycles. The Bertz CT molecular complexity index is 361. The molecular weight excluding hydrogens is 200 g/mol. The molecule has 1 fully saturated rings. The second kappa shape index (κ2) is 4.74. The first-order valence-corrected chi connectivity index (χ1v) is 5.96. The third-order valence-electron chi connectivity index (χ3n) is 3.51. The minimum Gasteiger partial charge on any atom is -0.398 e. The van der Waals surface area contributed by atoms with E-state index in [4.69, 9.17) is 10.8 Å². The van der Waals surface area contributed by atoms with Gasteiger partial charge in [-0.15, -0.1) is 0 Å². The maximum Gasteiger partial charge on any atom is 0.0606 e. The van der Waals surface area contributed by atoms with Gasteiger partial charge in [-0.1, -0.05) is 6.07 Å². The summed E-state index contributed by atoms with van der Waals surface area (Å²) in [5.41, 5.74) is 9.07. The summed E-state index contributed by atoms with van der Waals surface area (Å²) in [5, 5.41) is 9.15. The molecule has 0 atom stereocenters. The first-order chi connectivity index (χ1) is 7.74. The van der Waals surface area contributed by atoms with Crippen molar-refractivity contribution in [3.63, 3.8) is 0 Å². The summed E-state index contributed by atoms with van der Waals surface area (Å²) in [4.78, 5) is 2.30. The minimum atomic E-state index is 0.199. The molecule has 1 aliphatic rings. The Balaban J connectivity index is 2.26. The molecule has 1 saturated carbocycles. The van der Waals surface area contributed by atoms with E-state index in [1.54, 1.807) is 0 Å². The van der Waals surface area contributed by atoms with Gasteiger partial charge in [0.15, 0.2) is 0 Å². The van der Waals surface area contributed by atoms with Crippen LogP contribution >= 0.6 is 0 Å². The molecule has 0 saturated heterocycles. The van der Waals surface area contributed by atoms with E-state index in [-0.39, 0.29) is 6.61 Å². The van der Waals surface area contributed by atoms with E-state index in [0.717, 1.165) is 11.3 Å². The van der Waals surface area contributed by atoms with Gasteiger partial charge in [0.25, 0.3) is 0 Å². The van der Waals surface area contributed by atoms with Crippen LogP contribution in [0.25, 0.3) is 0 Å². The SMILES string of the molecule is Cc1c(N)cccc1N(CCO)C1CCC1. The highest BCUT2D eigenvalue weighted by Crippen LogP contribution is 2.32. The van der Waals surface area contributed by atoms with Crippen LogP contribution in [0, 0.1) is 6.92 Å². The van der Waals surface area contributed by atoms with Gasteiger partial charge in [-0.2, -0.15) is 0 Å². The molecule has 0 aliphatic heterocycles. The molecule has 0 unspecified atom stereocenters. The van der Waals surface area contributed by atoms with Crippen molar-refractivity contribution in [1.29, 1.82) is 0 Å². The number of hydrogen-bond donors (Lipinski definition) is 2. The molecule has 16 heavy (non-hydrogen) atoms. The Hall–Kier alpha value is -1.22. The summed E-state index contributed by atoms with van der Waals surface area (Å²) in [6.07, 6.45) is 3.76. The van der Waals surface area contributed by atoms with E-state index >= 15 is 0 Å². The van der Waals surface area contributed by atoms with Crippen molar-refractivity contribution < 1.29 is 5.11 Å². The third-order valence-corrected chi connectivity index (χ3v) is 3.51. The lowest BCUT2D eigenvalue weighted by Crippen LogP contribution is -2.42. The van der Waals surface area contributed by atoms with E-state index in [0.29, 0.717) is 12.6 Å². The van der Waals surface area contributed by atoms with Crippen LogP contribution in [0.4, 0.5) is 11.4 Å². The fourth-order valence-electron chi connectivity index (χ4n) is 2.26. The van der Waals surface area contributed by atoms with E-state index in [9.17, 15) is 0 Å². The number of aliphatic hydroxyl groups excluding tert-OH is 1. The first-order valence-electron chi connectivity index (χ1n) is 5.96. The Morgan fingerprint density at radius 1 is 1.44 bits per heavy atom. The van der Waals surface area contributed by atoms with E-state index < -0.39 is 0 Å². The topological polar surface area (TPSA) is 49.5 Å². The Morgan fingerprint density at radius 2 is 2.19 bits per heavy atom. The van der Waals surface area contributed by atoms with Crippen LogP contribution in [0.15, 0.2) is 18.2 Å². The lowest BCUT2D eigenvalue weighted by molar-refractivity contribution is 0.283. The highest BCUT2D eigenvalue weighted by atomic mass is 16.3. The molecule has 0 aromatic heterocycles. The van der Waals surface area contributed by atoms with Crippen molar-refractivity contribution in [2.45, 2.75) is 32.2 Å². The highest BCUT2D eigenvalue weighted by Gasteiger charge is 2.25. The smallest absolute Gasteiger partial charge is 0.0606 e. The number of rotatable bonds is 4. The molecule has 0 radical (unpaired) electrons. The average molecular weight is 220 g/mol. The minimum absolute atomic E-state index is 0.199. The standard InChI is InChI=1S/C13H20N2O/c1-10-12(14)6-3-7-13(10)15(8-9-16)11-4-2-5-11/h3,6-7,11,16H,2,4-5,8-9,14H2,1H3. The van der Waals surface area contributed by atoms with Gasteiger partial charge >= 0.3 is 0 Å². The number of nitrogen functional groups attached to an aromatic ring is 1. The van der Waals surface area contributed by atoms with Gasteiger partial charge in [0.1, 0.15) is 0 Å². The fraction of sp³-hybridized carbons (Fsp3) is 0.538. The lowest BCUT2D eigenvalue weighted by atomic mass is 9.90. The molecule has 0 bridgehead atoms. The zero-order valence-electron chi connectivity index (χ0n) is 9.82. The molecule has 3 nitrogen and oxygen atoms in total. The van der Waals surface area contributed by atoms with Crippen LogP contribution in [-0.2, 0) is 0 Å². The van der Waals surface area contributed by atoms with Crippen molar-refractivity contribution in [1.82, 2.24) is 0 Å². The predicted molar refractivity (Wildman–Crippen MR) is 67.7 cm³/mol. The van der Waals surface area contributed by atoms with Crippen molar-refractivity contribution in [3.05, 3.63) is 23.8 Å². The highest BCUT2D eigenvalue weighted by molar-refractivity contribution is 5.64. The quantitative estimate of drug-likeness (QED) is 0.762. The van der Waals surface area contributed by atoms with Gasteiger partial charge in [0.2, 0.25) is 0 Å². The zero-order valence-corrected chi connectivity index (χ0v) is 9.82. The van der Waals surface area contributed by atoms with Crippen molar-refractivity contribution >= 4 is 11.4 Å². The normalized spacial score (nSPS) is 15.9. The number of nitrogens with two attached hydrogens (primary N) is 1. The van der Waals surface area contributed by atoms with E-state index in [2.05, 4.69) is 11.0 Å². The third kappa shape index (κ3) is 2.00. The van der Waals surface area contributed by atoms with Crippen LogP contribution in [0.3, 0.4) is 0 Å². The Kier molecular flexibility index (Phi) is 3.34. The average Bonchev–Trinajstić information content (AvgIpc) is 2.19. The van der Waals surface area contributed by atoms with Gasteiger partial charge in [0, 0.05) is 24.0 Å². The number of anilines is 2. The van der Waals surface area contributed by atoms with Crippen LogP contribution in [0.2, 0.25) is 0 Å². The molecule has 2 rings (SSSR count). The first kappa shape index (κ1) is 11.3. The molecule has 0 heterocycles. The number of hydrogen-bond acceptors (Lipinski definition) is 3. The predicted octanol–water partition coefficient (Wildman–Crippen LogP) is 1.93. The summed E-state index contributed by atoms with van der Waals surface area (Å²) < 4.78 is 0. The molecule has 1 aromatic rings. The van der Waals surface area contributed by atoms with E-state index in [1.807, 2.05) is 19.1 Å².